The Hall–Kier alpha value is -1.39. The van der Waals surface area contributed by atoms with Crippen LogP contribution >= 0.6 is 0 Å². The molecular weight excluding hydrogens is 240 g/mol. The summed E-state index contributed by atoms with van der Waals surface area (Å²) in [6.07, 6.45) is 3.27. The van der Waals surface area contributed by atoms with Crippen LogP contribution in [0.1, 0.15) is 35.7 Å². The number of primary amides is 1. The van der Waals surface area contributed by atoms with E-state index in [0.29, 0.717) is 11.7 Å². The molecule has 19 heavy (non-hydrogen) atoms. The monoisotopic (exact) mass is 262 g/mol. The van der Waals surface area contributed by atoms with Crippen LogP contribution in [0.15, 0.2) is 24.3 Å². The molecule has 104 valence electrons. The van der Waals surface area contributed by atoms with Crippen molar-refractivity contribution in [3.63, 3.8) is 0 Å². The first-order chi connectivity index (χ1) is 9.16. The summed E-state index contributed by atoms with van der Waals surface area (Å²) in [6.45, 7) is 4.10. The summed E-state index contributed by atoms with van der Waals surface area (Å²) in [5.74, 6) is -0.371. The molecule has 0 spiro atoms. The van der Waals surface area contributed by atoms with Crippen molar-refractivity contribution in [1.82, 2.24) is 5.32 Å². The Labute approximate surface area is 114 Å². The van der Waals surface area contributed by atoms with Crippen LogP contribution in [0.3, 0.4) is 0 Å². The predicted octanol–water partition coefficient (Wildman–Crippen LogP) is 1.49. The molecule has 0 bridgehead atoms. The third-order valence-corrected chi connectivity index (χ3v) is 3.50. The van der Waals surface area contributed by atoms with Crippen molar-refractivity contribution in [3.05, 3.63) is 35.4 Å². The standard InChI is InChI=1S/C15H22N2O2/c1-11(19-13-6-8-17-9-7-13)10-12-4-2-3-5-14(12)15(16)18/h2-5,11,13,17H,6-10H2,1H3,(H2,16,18)/t11-/m0/s1. The van der Waals surface area contributed by atoms with Gasteiger partial charge in [0.2, 0.25) is 5.91 Å². The first-order valence-electron chi connectivity index (χ1n) is 6.90. The molecular formula is C15H22N2O2. The van der Waals surface area contributed by atoms with E-state index in [2.05, 4.69) is 12.2 Å². The van der Waals surface area contributed by atoms with Gasteiger partial charge in [0.1, 0.15) is 0 Å². The Morgan fingerprint density at radius 1 is 1.42 bits per heavy atom. The highest BCUT2D eigenvalue weighted by molar-refractivity contribution is 5.94. The van der Waals surface area contributed by atoms with Crippen molar-refractivity contribution >= 4 is 5.91 Å². The molecule has 4 heteroatoms. The fourth-order valence-electron chi connectivity index (χ4n) is 2.56. The number of nitrogens with two attached hydrogens (primary N) is 1. The van der Waals surface area contributed by atoms with Crippen molar-refractivity contribution in [3.8, 4) is 0 Å². The predicted molar refractivity (Wildman–Crippen MR) is 75.1 cm³/mol. The maximum Gasteiger partial charge on any atom is 0.248 e. The third kappa shape index (κ3) is 4.04. The van der Waals surface area contributed by atoms with Gasteiger partial charge in [0.25, 0.3) is 0 Å². The highest BCUT2D eigenvalue weighted by atomic mass is 16.5. The zero-order valence-electron chi connectivity index (χ0n) is 11.4. The van der Waals surface area contributed by atoms with Crippen molar-refractivity contribution in [1.29, 1.82) is 0 Å². The zero-order chi connectivity index (χ0) is 13.7. The minimum atomic E-state index is -0.371. The molecule has 0 aromatic heterocycles. The highest BCUT2D eigenvalue weighted by Crippen LogP contribution is 2.16. The molecule has 1 aliphatic heterocycles. The lowest BCUT2D eigenvalue weighted by atomic mass is 10.0. The Morgan fingerprint density at radius 2 is 2.11 bits per heavy atom. The van der Waals surface area contributed by atoms with Gasteiger partial charge in [-0.15, -0.1) is 0 Å². The molecule has 1 fully saturated rings. The summed E-state index contributed by atoms with van der Waals surface area (Å²) in [5, 5.41) is 3.32. The van der Waals surface area contributed by atoms with Crippen LogP contribution in [0.2, 0.25) is 0 Å². The van der Waals surface area contributed by atoms with Crippen molar-refractivity contribution in [2.45, 2.75) is 38.4 Å². The quantitative estimate of drug-likeness (QED) is 0.845. The average Bonchev–Trinajstić information content (AvgIpc) is 2.40. The minimum absolute atomic E-state index is 0.101. The Balaban J connectivity index is 1.94. The van der Waals surface area contributed by atoms with Crippen LogP contribution in [0.25, 0.3) is 0 Å². The molecule has 0 aliphatic carbocycles. The summed E-state index contributed by atoms with van der Waals surface area (Å²) < 4.78 is 6.04. The van der Waals surface area contributed by atoms with Crippen LogP contribution in [0.5, 0.6) is 0 Å². The van der Waals surface area contributed by atoms with Crippen LogP contribution in [0.4, 0.5) is 0 Å². The fraction of sp³-hybridized carbons (Fsp3) is 0.533. The molecule has 0 unspecified atom stereocenters. The van der Waals surface area contributed by atoms with E-state index in [1.165, 1.54) is 0 Å². The maximum absolute atomic E-state index is 11.4. The van der Waals surface area contributed by atoms with E-state index in [-0.39, 0.29) is 12.0 Å². The van der Waals surface area contributed by atoms with Gasteiger partial charge in [0, 0.05) is 5.56 Å². The van der Waals surface area contributed by atoms with E-state index in [1.807, 2.05) is 18.2 Å². The SMILES string of the molecule is C[C@@H](Cc1ccccc1C(N)=O)OC1CCNCC1. The van der Waals surface area contributed by atoms with Gasteiger partial charge >= 0.3 is 0 Å². The molecule has 1 aliphatic rings. The number of ether oxygens (including phenoxy) is 1. The lowest BCUT2D eigenvalue weighted by Gasteiger charge is -2.26. The molecule has 1 heterocycles. The second kappa shape index (κ2) is 6.68. The molecule has 1 aromatic rings. The van der Waals surface area contributed by atoms with Crippen LogP contribution in [-0.4, -0.2) is 31.2 Å². The summed E-state index contributed by atoms with van der Waals surface area (Å²) >= 11 is 0. The molecule has 2 rings (SSSR count). The van der Waals surface area contributed by atoms with E-state index < -0.39 is 0 Å². The number of benzene rings is 1. The molecule has 3 N–H and O–H groups in total. The van der Waals surface area contributed by atoms with Gasteiger partial charge in [-0.05, 0) is 50.9 Å². The second-order valence-electron chi connectivity index (χ2n) is 5.12. The lowest BCUT2D eigenvalue weighted by Crippen LogP contribution is -2.34. The first kappa shape index (κ1) is 14.0. The van der Waals surface area contributed by atoms with Crippen molar-refractivity contribution in [2.75, 3.05) is 13.1 Å². The number of carbonyl (C=O) groups excluding carboxylic acids is 1. The summed E-state index contributed by atoms with van der Waals surface area (Å²) in [5.41, 5.74) is 6.96. The Bertz CT molecular complexity index is 428. The highest BCUT2D eigenvalue weighted by Gasteiger charge is 2.18. The normalized spacial score (nSPS) is 18.2. The van der Waals surface area contributed by atoms with Gasteiger partial charge in [0.15, 0.2) is 0 Å². The zero-order valence-corrected chi connectivity index (χ0v) is 11.4. The third-order valence-electron chi connectivity index (χ3n) is 3.50. The van der Waals surface area contributed by atoms with Crippen LogP contribution in [-0.2, 0) is 11.2 Å². The van der Waals surface area contributed by atoms with Gasteiger partial charge in [0.05, 0.1) is 12.2 Å². The fourth-order valence-corrected chi connectivity index (χ4v) is 2.56. The van der Waals surface area contributed by atoms with Gasteiger partial charge in [-0.3, -0.25) is 4.79 Å². The summed E-state index contributed by atoms with van der Waals surface area (Å²) in [4.78, 5) is 11.4. The van der Waals surface area contributed by atoms with Crippen molar-refractivity contribution < 1.29 is 9.53 Å². The topological polar surface area (TPSA) is 64.4 Å². The number of carbonyl (C=O) groups is 1. The van der Waals surface area contributed by atoms with Crippen LogP contribution < -0.4 is 11.1 Å². The average molecular weight is 262 g/mol. The van der Waals surface area contributed by atoms with Gasteiger partial charge in [-0.25, -0.2) is 0 Å². The Kier molecular flexibility index (Phi) is 4.93. The molecule has 1 atom stereocenters. The maximum atomic E-state index is 11.4. The largest absolute Gasteiger partial charge is 0.375 e. The number of rotatable bonds is 5. The van der Waals surface area contributed by atoms with Crippen LogP contribution in [0, 0.1) is 0 Å². The van der Waals surface area contributed by atoms with Gasteiger partial charge in [-0.1, -0.05) is 18.2 Å². The van der Waals surface area contributed by atoms with E-state index >= 15 is 0 Å². The molecule has 4 nitrogen and oxygen atoms in total. The number of piperidine rings is 1. The minimum Gasteiger partial charge on any atom is -0.375 e. The number of hydrogen-bond acceptors (Lipinski definition) is 3. The molecule has 0 radical (unpaired) electrons. The Morgan fingerprint density at radius 3 is 2.79 bits per heavy atom. The smallest absolute Gasteiger partial charge is 0.248 e. The van der Waals surface area contributed by atoms with E-state index in [9.17, 15) is 4.79 Å². The molecule has 1 saturated heterocycles. The number of hydrogen-bond donors (Lipinski definition) is 2. The van der Waals surface area contributed by atoms with E-state index in [1.54, 1.807) is 6.07 Å². The van der Waals surface area contributed by atoms with E-state index in [4.69, 9.17) is 10.5 Å². The number of nitrogens with one attached hydrogen (secondary N) is 1. The van der Waals surface area contributed by atoms with Crippen molar-refractivity contribution in [2.24, 2.45) is 5.73 Å². The lowest BCUT2D eigenvalue weighted by molar-refractivity contribution is -0.0166. The molecule has 1 amide bonds. The molecule has 1 aromatic carbocycles. The first-order valence-corrected chi connectivity index (χ1v) is 6.90. The summed E-state index contributed by atoms with van der Waals surface area (Å²) in [6, 6.07) is 7.48. The molecule has 0 saturated carbocycles. The summed E-state index contributed by atoms with van der Waals surface area (Å²) in [7, 11) is 0. The van der Waals surface area contributed by atoms with Gasteiger partial charge in [-0.2, -0.15) is 0 Å². The second-order valence-corrected chi connectivity index (χ2v) is 5.12. The van der Waals surface area contributed by atoms with E-state index in [0.717, 1.165) is 37.9 Å². The van der Waals surface area contributed by atoms with Gasteiger partial charge < -0.3 is 15.8 Å². The number of amides is 1.